The average Bonchev–Trinajstić information content (AvgIpc) is 2.37. The summed E-state index contributed by atoms with van der Waals surface area (Å²) in [6.07, 6.45) is 4.04. The second-order valence-electron chi connectivity index (χ2n) is 4.93. The first-order chi connectivity index (χ1) is 9.28. The smallest absolute Gasteiger partial charge is 0.161 e. The lowest BCUT2D eigenvalue weighted by molar-refractivity contribution is 0.128. The maximum Gasteiger partial charge on any atom is 0.161 e. The van der Waals surface area contributed by atoms with E-state index in [1.807, 2.05) is 6.07 Å². The zero-order valence-electron chi connectivity index (χ0n) is 11.7. The van der Waals surface area contributed by atoms with Crippen molar-refractivity contribution in [3.8, 4) is 11.5 Å². The SMILES string of the molecule is COc1ccc(CN(CCBr)C2CCC2)cc1OC. The van der Waals surface area contributed by atoms with E-state index in [9.17, 15) is 0 Å². The van der Waals surface area contributed by atoms with Gasteiger partial charge in [0.1, 0.15) is 0 Å². The minimum atomic E-state index is 0.755. The van der Waals surface area contributed by atoms with E-state index in [1.54, 1.807) is 14.2 Å². The van der Waals surface area contributed by atoms with Gasteiger partial charge in [-0.2, -0.15) is 0 Å². The monoisotopic (exact) mass is 327 g/mol. The van der Waals surface area contributed by atoms with Gasteiger partial charge in [-0.05, 0) is 30.5 Å². The topological polar surface area (TPSA) is 21.7 Å². The summed E-state index contributed by atoms with van der Waals surface area (Å²) in [5.74, 6) is 1.61. The van der Waals surface area contributed by atoms with Crippen molar-refractivity contribution >= 4 is 15.9 Å². The number of ether oxygens (including phenoxy) is 2. The molecular weight excluding hydrogens is 306 g/mol. The van der Waals surface area contributed by atoms with E-state index in [0.717, 1.165) is 36.0 Å². The van der Waals surface area contributed by atoms with E-state index in [-0.39, 0.29) is 0 Å². The number of rotatable bonds is 7. The van der Waals surface area contributed by atoms with Gasteiger partial charge in [-0.1, -0.05) is 28.4 Å². The first-order valence-electron chi connectivity index (χ1n) is 6.79. The van der Waals surface area contributed by atoms with Gasteiger partial charge in [0.25, 0.3) is 0 Å². The van der Waals surface area contributed by atoms with Gasteiger partial charge in [0.05, 0.1) is 14.2 Å². The molecule has 0 radical (unpaired) electrons. The fraction of sp³-hybridized carbons (Fsp3) is 0.600. The van der Waals surface area contributed by atoms with Crippen LogP contribution in [-0.4, -0.2) is 37.0 Å². The zero-order chi connectivity index (χ0) is 13.7. The Kier molecular flexibility index (Phi) is 5.52. The van der Waals surface area contributed by atoms with Crippen molar-refractivity contribution in [1.82, 2.24) is 4.90 Å². The number of halogens is 1. The Labute approximate surface area is 124 Å². The standard InChI is InChI=1S/C15H22BrNO2/c1-18-14-7-6-12(10-15(14)19-2)11-17(9-8-16)13-4-3-5-13/h6-7,10,13H,3-5,8-9,11H2,1-2H3. The first kappa shape index (κ1) is 14.7. The van der Waals surface area contributed by atoms with Crippen LogP contribution in [0.25, 0.3) is 0 Å². The lowest BCUT2D eigenvalue weighted by atomic mass is 9.91. The van der Waals surface area contributed by atoms with E-state index in [2.05, 4.69) is 33.0 Å². The molecule has 1 fully saturated rings. The van der Waals surface area contributed by atoms with Crippen molar-refractivity contribution in [2.75, 3.05) is 26.1 Å². The second-order valence-corrected chi connectivity index (χ2v) is 5.73. The van der Waals surface area contributed by atoms with Crippen LogP contribution >= 0.6 is 15.9 Å². The Bertz CT molecular complexity index is 407. The Morgan fingerprint density at radius 2 is 1.95 bits per heavy atom. The second kappa shape index (κ2) is 7.15. The predicted molar refractivity (Wildman–Crippen MR) is 81.4 cm³/mol. The molecule has 1 aromatic rings. The molecule has 2 rings (SSSR count). The van der Waals surface area contributed by atoms with Gasteiger partial charge in [0, 0.05) is 24.5 Å². The Morgan fingerprint density at radius 1 is 1.21 bits per heavy atom. The van der Waals surface area contributed by atoms with Crippen LogP contribution in [0.3, 0.4) is 0 Å². The van der Waals surface area contributed by atoms with Crippen LogP contribution in [0.15, 0.2) is 18.2 Å². The van der Waals surface area contributed by atoms with Crippen molar-refractivity contribution in [3.05, 3.63) is 23.8 Å². The Balaban J connectivity index is 2.07. The summed E-state index contributed by atoms with van der Waals surface area (Å²) in [4.78, 5) is 2.56. The molecule has 3 nitrogen and oxygen atoms in total. The van der Waals surface area contributed by atoms with Crippen LogP contribution in [0.2, 0.25) is 0 Å². The molecule has 106 valence electrons. The number of hydrogen-bond acceptors (Lipinski definition) is 3. The number of alkyl halides is 1. The highest BCUT2D eigenvalue weighted by Gasteiger charge is 2.24. The van der Waals surface area contributed by atoms with Gasteiger partial charge in [-0.15, -0.1) is 0 Å². The molecule has 0 spiro atoms. The molecule has 1 aliphatic carbocycles. The van der Waals surface area contributed by atoms with E-state index < -0.39 is 0 Å². The highest BCUT2D eigenvalue weighted by Crippen LogP contribution is 2.30. The van der Waals surface area contributed by atoms with Crippen LogP contribution in [-0.2, 0) is 6.54 Å². The van der Waals surface area contributed by atoms with Crippen LogP contribution in [0.5, 0.6) is 11.5 Å². The molecule has 0 unspecified atom stereocenters. The number of benzene rings is 1. The van der Waals surface area contributed by atoms with Crippen molar-refractivity contribution in [1.29, 1.82) is 0 Å². The average molecular weight is 328 g/mol. The van der Waals surface area contributed by atoms with Crippen LogP contribution in [0.1, 0.15) is 24.8 Å². The van der Waals surface area contributed by atoms with Crippen LogP contribution in [0, 0.1) is 0 Å². The summed E-state index contributed by atoms with van der Waals surface area (Å²) in [6, 6.07) is 6.95. The predicted octanol–water partition coefficient (Wildman–Crippen LogP) is 3.45. The summed E-state index contributed by atoms with van der Waals surface area (Å²) in [5, 5.41) is 1.02. The largest absolute Gasteiger partial charge is 0.493 e. The van der Waals surface area contributed by atoms with Gasteiger partial charge in [-0.25, -0.2) is 0 Å². The van der Waals surface area contributed by atoms with Crippen molar-refractivity contribution in [2.45, 2.75) is 31.8 Å². The molecule has 0 saturated heterocycles. The van der Waals surface area contributed by atoms with E-state index in [0.29, 0.717) is 0 Å². The molecule has 0 N–H and O–H groups in total. The molecule has 1 aliphatic rings. The van der Waals surface area contributed by atoms with Crippen LogP contribution in [0.4, 0.5) is 0 Å². The molecule has 0 atom stereocenters. The van der Waals surface area contributed by atoms with Crippen molar-refractivity contribution < 1.29 is 9.47 Å². The van der Waals surface area contributed by atoms with E-state index >= 15 is 0 Å². The molecule has 19 heavy (non-hydrogen) atoms. The van der Waals surface area contributed by atoms with E-state index in [4.69, 9.17) is 9.47 Å². The van der Waals surface area contributed by atoms with Crippen LogP contribution < -0.4 is 9.47 Å². The quantitative estimate of drug-likeness (QED) is 0.716. The van der Waals surface area contributed by atoms with Gasteiger partial charge in [0.15, 0.2) is 11.5 Å². The van der Waals surface area contributed by atoms with E-state index in [1.165, 1.54) is 24.8 Å². The lowest BCUT2D eigenvalue weighted by Gasteiger charge is -2.37. The maximum absolute atomic E-state index is 5.37. The zero-order valence-corrected chi connectivity index (χ0v) is 13.3. The summed E-state index contributed by atoms with van der Waals surface area (Å²) in [6.45, 7) is 2.08. The summed E-state index contributed by atoms with van der Waals surface area (Å²) >= 11 is 3.55. The fourth-order valence-corrected chi connectivity index (χ4v) is 2.92. The first-order valence-corrected chi connectivity index (χ1v) is 7.91. The summed E-state index contributed by atoms with van der Waals surface area (Å²) < 4.78 is 10.6. The lowest BCUT2D eigenvalue weighted by Crippen LogP contribution is -2.40. The van der Waals surface area contributed by atoms with Gasteiger partial charge < -0.3 is 9.47 Å². The molecular formula is C15H22BrNO2. The summed E-state index contributed by atoms with van der Waals surface area (Å²) in [5.41, 5.74) is 1.28. The molecule has 1 saturated carbocycles. The van der Waals surface area contributed by atoms with Gasteiger partial charge >= 0.3 is 0 Å². The highest BCUT2D eigenvalue weighted by atomic mass is 79.9. The van der Waals surface area contributed by atoms with Crippen molar-refractivity contribution in [2.24, 2.45) is 0 Å². The third-order valence-electron chi connectivity index (χ3n) is 3.80. The maximum atomic E-state index is 5.37. The molecule has 0 aromatic heterocycles. The molecule has 1 aromatic carbocycles. The summed E-state index contributed by atoms with van der Waals surface area (Å²) in [7, 11) is 3.35. The number of methoxy groups -OCH3 is 2. The molecule has 4 heteroatoms. The third kappa shape index (κ3) is 3.63. The Hall–Kier alpha value is -0.740. The Morgan fingerprint density at radius 3 is 2.47 bits per heavy atom. The number of hydrogen-bond donors (Lipinski definition) is 0. The molecule has 0 amide bonds. The third-order valence-corrected chi connectivity index (χ3v) is 4.15. The fourth-order valence-electron chi connectivity index (χ4n) is 2.46. The molecule has 0 heterocycles. The molecule has 0 aliphatic heterocycles. The minimum absolute atomic E-state index is 0.755. The van der Waals surface area contributed by atoms with Crippen molar-refractivity contribution in [3.63, 3.8) is 0 Å². The van der Waals surface area contributed by atoms with Gasteiger partial charge in [-0.3, -0.25) is 4.90 Å². The highest BCUT2D eigenvalue weighted by molar-refractivity contribution is 9.09. The minimum Gasteiger partial charge on any atom is -0.493 e. The molecule has 0 bridgehead atoms. The number of nitrogens with zero attached hydrogens (tertiary/aromatic N) is 1. The normalized spacial score (nSPS) is 15.4. The van der Waals surface area contributed by atoms with Gasteiger partial charge in [0.2, 0.25) is 0 Å².